The molecular weight excluding hydrogens is 537 g/mol. The van der Waals surface area contributed by atoms with Crippen LogP contribution in [-0.2, 0) is 14.8 Å². The van der Waals surface area contributed by atoms with Crippen LogP contribution in [-0.4, -0.2) is 71.8 Å². The number of halogens is 1. The number of aryl methyl sites for hydroxylation is 2. The van der Waals surface area contributed by atoms with Crippen molar-refractivity contribution in [2.45, 2.75) is 43.9 Å². The molecule has 1 aliphatic carbocycles. The predicted octanol–water partition coefficient (Wildman–Crippen LogP) is 4.71. The Balaban J connectivity index is 1.35. The molecule has 0 radical (unpaired) electrons. The van der Waals surface area contributed by atoms with Crippen molar-refractivity contribution in [3.63, 3.8) is 0 Å². The lowest BCUT2D eigenvalue weighted by Crippen LogP contribution is -2.52. The van der Waals surface area contributed by atoms with Crippen molar-refractivity contribution in [3.8, 4) is 5.69 Å². The number of benzene rings is 2. The minimum atomic E-state index is -3.69. The molecule has 1 saturated carbocycles. The molecule has 11 heteroatoms. The largest absolute Gasteiger partial charge is 0.381 e. The fourth-order valence-corrected chi connectivity index (χ4v) is 8.15. The zero-order valence-corrected chi connectivity index (χ0v) is 23.9. The van der Waals surface area contributed by atoms with Gasteiger partial charge >= 0.3 is 0 Å². The number of methoxy groups -OCH3 is 1. The number of rotatable bonds is 7. The summed E-state index contributed by atoms with van der Waals surface area (Å²) in [4.78, 5) is 6.72. The number of nitrogens with zero attached hydrogens (tertiary/aromatic N) is 5. The van der Waals surface area contributed by atoms with Crippen molar-refractivity contribution in [2.24, 2.45) is 5.92 Å². The van der Waals surface area contributed by atoms with E-state index in [0.29, 0.717) is 31.7 Å². The zero-order chi connectivity index (χ0) is 27.3. The molecule has 2 aromatic carbocycles. The summed E-state index contributed by atoms with van der Waals surface area (Å²) in [5, 5.41) is 8.04. The molecule has 4 aromatic rings. The Hall–Kier alpha value is -2.70. The first-order valence-electron chi connectivity index (χ1n) is 13.2. The van der Waals surface area contributed by atoms with E-state index in [-0.39, 0.29) is 16.9 Å². The Labute approximate surface area is 232 Å². The topological polar surface area (TPSA) is 80.6 Å². The van der Waals surface area contributed by atoms with Crippen molar-refractivity contribution in [2.75, 3.05) is 33.3 Å². The molecule has 2 aromatic heterocycles. The Morgan fingerprint density at radius 1 is 1.13 bits per heavy atom. The monoisotopic (exact) mass is 569 g/mol. The number of hydrogen-bond donors (Lipinski definition) is 0. The summed E-state index contributed by atoms with van der Waals surface area (Å²) in [6.07, 6.45) is 4.19. The summed E-state index contributed by atoms with van der Waals surface area (Å²) in [5.41, 5.74) is 3.87. The summed E-state index contributed by atoms with van der Waals surface area (Å²) >= 11 is 1.35. The van der Waals surface area contributed by atoms with Crippen molar-refractivity contribution in [3.05, 3.63) is 69.9 Å². The van der Waals surface area contributed by atoms with Gasteiger partial charge in [-0.15, -0.1) is 11.3 Å². The van der Waals surface area contributed by atoms with Gasteiger partial charge in [-0.05, 0) is 80.1 Å². The van der Waals surface area contributed by atoms with E-state index in [0.717, 1.165) is 52.1 Å². The number of ether oxygens (including phenoxy) is 1. The summed E-state index contributed by atoms with van der Waals surface area (Å²) in [5.74, 6) is 0.244. The minimum Gasteiger partial charge on any atom is -0.381 e. The van der Waals surface area contributed by atoms with Gasteiger partial charge in [-0.1, -0.05) is 0 Å². The van der Waals surface area contributed by atoms with Crippen molar-refractivity contribution in [1.29, 1.82) is 0 Å². The maximum Gasteiger partial charge on any atom is 0.261 e. The van der Waals surface area contributed by atoms with Crippen LogP contribution in [0.5, 0.6) is 0 Å². The molecule has 0 amide bonds. The van der Waals surface area contributed by atoms with Crippen LogP contribution in [0.15, 0.2) is 53.0 Å². The van der Waals surface area contributed by atoms with Gasteiger partial charge in [0.2, 0.25) is 0 Å². The summed E-state index contributed by atoms with van der Waals surface area (Å²) in [6.45, 7) is 6.23. The Bertz CT molecular complexity index is 1600. The van der Waals surface area contributed by atoms with E-state index in [4.69, 9.17) is 4.74 Å². The fourth-order valence-electron chi connectivity index (χ4n) is 5.81. The highest BCUT2D eigenvalue weighted by Crippen LogP contribution is 2.37. The Kier molecular flexibility index (Phi) is 7.05. The molecule has 0 unspecified atom stereocenters. The lowest BCUT2D eigenvalue weighted by molar-refractivity contribution is -0.0216. The molecule has 206 valence electrons. The third-order valence-corrected chi connectivity index (χ3v) is 10.7. The molecule has 0 N–H and O–H groups in total. The summed E-state index contributed by atoms with van der Waals surface area (Å²) in [7, 11) is -1.93. The summed E-state index contributed by atoms with van der Waals surface area (Å²) in [6, 6.07) is 10.4. The second-order valence-electron chi connectivity index (χ2n) is 10.6. The summed E-state index contributed by atoms with van der Waals surface area (Å²) < 4.78 is 49.5. The van der Waals surface area contributed by atoms with E-state index in [1.165, 1.54) is 23.5 Å². The van der Waals surface area contributed by atoms with E-state index in [2.05, 4.69) is 34.0 Å². The smallest absolute Gasteiger partial charge is 0.261 e. The molecule has 39 heavy (non-hydrogen) atoms. The predicted molar refractivity (Wildman–Crippen MR) is 149 cm³/mol. The van der Waals surface area contributed by atoms with E-state index < -0.39 is 10.0 Å². The van der Waals surface area contributed by atoms with Gasteiger partial charge in [0.1, 0.15) is 5.82 Å². The van der Waals surface area contributed by atoms with Crippen LogP contribution in [0.1, 0.15) is 35.0 Å². The number of fused-ring (bicyclic) bond motifs is 1. The highest BCUT2D eigenvalue weighted by Gasteiger charge is 2.39. The number of sulfonamides is 1. The lowest BCUT2D eigenvalue weighted by atomic mass is 9.81. The average molecular weight is 570 g/mol. The Morgan fingerprint density at radius 3 is 2.59 bits per heavy atom. The SMILES string of the molecule is CO[C@H]1C[C@@H](CN2CCN(S(=O)(=O)c3csc(C)n3)C[C@@H]2c2cc3cnn(-c4ccc(F)cc4)c3cc2C)C1. The zero-order valence-electron chi connectivity index (χ0n) is 22.2. The van der Waals surface area contributed by atoms with Gasteiger partial charge in [0.25, 0.3) is 10.0 Å². The van der Waals surface area contributed by atoms with Gasteiger partial charge in [0.15, 0.2) is 5.03 Å². The first-order valence-corrected chi connectivity index (χ1v) is 15.5. The third kappa shape index (κ3) is 5.02. The molecule has 6 rings (SSSR count). The number of aromatic nitrogens is 3. The second-order valence-corrected chi connectivity index (χ2v) is 13.5. The van der Waals surface area contributed by atoms with Crippen LogP contribution in [0.25, 0.3) is 16.6 Å². The highest BCUT2D eigenvalue weighted by atomic mass is 32.2. The first kappa shape index (κ1) is 26.5. The van der Waals surface area contributed by atoms with Gasteiger partial charge in [0, 0.05) is 50.1 Å². The number of hydrogen-bond acceptors (Lipinski definition) is 7. The van der Waals surface area contributed by atoms with Crippen molar-refractivity contribution < 1.29 is 17.5 Å². The fraction of sp³-hybridized carbons (Fsp3) is 0.429. The van der Waals surface area contributed by atoms with Gasteiger partial charge in [-0.2, -0.15) is 9.40 Å². The lowest BCUT2D eigenvalue weighted by Gasteiger charge is -2.45. The Morgan fingerprint density at radius 2 is 1.90 bits per heavy atom. The average Bonchev–Trinajstić information content (AvgIpc) is 3.52. The normalized spacial score (nSPS) is 22.8. The van der Waals surface area contributed by atoms with Gasteiger partial charge < -0.3 is 4.74 Å². The van der Waals surface area contributed by atoms with Crippen LogP contribution < -0.4 is 0 Å². The molecule has 1 aliphatic heterocycles. The van der Waals surface area contributed by atoms with Gasteiger partial charge in [0.05, 0.1) is 28.5 Å². The highest BCUT2D eigenvalue weighted by molar-refractivity contribution is 7.89. The van der Waals surface area contributed by atoms with Crippen LogP contribution in [0.4, 0.5) is 4.39 Å². The molecule has 0 spiro atoms. The number of thiazole rings is 1. The maximum atomic E-state index is 13.5. The molecule has 1 atom stereocenters. The van der Waals surface area contributed by atoms with E-state index in [1.54, 1.807) is 28.9 Å². The molecular formula is C28H32FN5O3S2. The van der Waals surface area contributed by atoms with Crippen LogP contribution in [0.2, 0.25) is 0 Å². The minimum absolute atomic E-state index is 0.103. The first-order chi connectivity index (χ1) is 18.7. The molecule has 2 fully saturated rings. The van der Waals surface area contributed by atoms with Crippen molar-refractivity contribution >= 4 is 32.3 Å². The third-order valence-electron chi connectivity index (χ3n) is 8.06. The second kappa shape index (κ2) is 10.4. The van der Waals surface area contributed by atoms with Crippen LogP contribution in [0.3, 0.4) is 0 Å². The van der Waals surface area contributed by atoms with Crippen LogP contribution in [0, 0.1) is 25.6 Å². The quantitative estimate of drug-likeness (QED) is 0.321. The van der Waals surface area contributed by atoms with E-state index in [9.17, 15) is 12.8 Å². The molecule has 1 saturated heterocycles. The van der Waals surface area contributed by atoms with E-state index in [1.807, 2.05) is 17.8 Å². The molecule has 8 nitrogen and oxygen atoms in total. The van der Waals surface area contributed by atoms with Gasteiger partial charge in [-0.25, -0.2) is 22.5 Å². The standard InChI is InChI=1S/C28H32FN5O3S2/c1-18-10-26-21(14-30-34(26)23-6-4-22(29)5-7-23)13-25(18)27-16-33(39(35,36)28-17-38-19(2)31-28)9-8-32(27)15-20-11-24(12-20)37-3/h4-7,10,13-14,17,20,24,27H,8-9,11-12,15-16H2,1-3H3/t20-,24+,27-/m1/s1. The van der Waals surface area contributed by atoms with E-state index >= 15 is 0 Å². The van der Waals surface area contributed by atoms with Crippen molar-refractivity contribution in [1.82, 2.24) is 24.0 Å². The van der Waals surface area contributed by atoms with Crippen LogP contribution >= 0.6 is 11.3 Å². The molecule has 2 aliphatic rings. The van der Waals surface area contributed by atoms with Gasteiger partial charge in [-0.3, -0.25) is 4.90 Å². The molecule has 3 heterocycles. The maximum absolute atomic E-state index is 13.5. The number of piperazine rings is 1. The molecule has 0 bridgehead atoms.